The van der Waals surface area contributed by atoms with Crippen LogP contribution in [0.5, 0.6) is 0 Å². The van der Waals surface area contributed by atoms with Crippen LogP contribution in [0.15, 0.2) is 16.9 Å². The van der Waals surface area contributed by atoms with Crippen LogP contribution in [0.25, 0.3) is 11.6 Å². The maximum Gasteiger partial charge on any atom is 0.281 e. The van der Waals surface area contributed by atoms with Crippen LogP contribution < -0.4 is 10.6 Å². The van der Waals surface area contributed by atoms with Gasteiger partial charge in [-0.2, -0.15) is 4.98 Å². The number of likely N-dealkylation sites (N-methyl/N-ethyl adjacent to an activating group) is 1. The van der Waals surface area contributed by atoms with Crippen molar-refractivity contribution >= 4 is 11.8 Å². The fourth-order valence-electron chi connectivity index (χ4n) is 1.96. The van der Waals surface area contributed by atoms with E-state index >= 15 is 0 Å². The molecule has 19 heavy (non-hydrogen) atoms. The van der Waals surface area contributed by atoms with Gasteiger partial charge in [0.15, 0.2) is 11.5 Å². The van der Waals surface area contributed by atoms with Gasteiger partial charge in [-0.15, -0.1) is 0 Å². The van der Waals surface area contributed by atoms with E-state index in [2.05, 4.69) is 37.0 Å². The third-order valence-corrected chi connectivity index (χ3v) is 3.13. The zero-order chi connectivity index (χ0) is 13.2. The second kappa shape index (κ2) is 4.81. The van der Waals surface area contributed by atoms with E-state index in [9.17, 15) is 0 Å². The molecule has 8 heteroatoms. The van der Waals surface area contributed by atoms with Gasteiger partial charge in [-0.05, 0) is 12.2 Å². The average Bonchev–Trinajstić information content (AvgIpc) is 2.89. The van der Waals surface area contributed by atoms with Gasteiger partial charge in [0.05, 0.1) is 0 Å². The highest BCUT2D eigenvalue weighted by atomic mass is 16.5. The van der Waals surface area contributed by atoms with Gasteiger partial charge in [-0.1, -0.05) is 0 Å². The second-order valence-corrected chi connectivity index (χ2v) is 4.48. The lowest BCUT2D eigenvalue weighted by Gasteiger charge is -2.31. The molecule has 100 valence electrons. The van der Waals surface area contributed by atoms with Crippen molar-refractivity contribution in [1.29, 1.82) is 0 Å². The summed E-state index contributed by atoms with van der Waals surface area (Å²) >= 11 is 0. The Morgan fingerprint density at radius 1 is 1.16 bits per heavy atom. The Labute approximate surface area is 110 Å². The molecule has 0 unspecified atom stereocenters. The summed E-state index contributed by atoms with van der Waals surface area (Å²) in [5, 5.41) is 3.98. The van der Waals surface area contributed by atoms with Crippen LogP contribution in [0.3, 0.4) is 0 Å². The van der Waals surface area contributed by atoms with Crippen molar-refractivity contribution in [2.24, 2.45) is 0 Å². The monoisotopic (exact) mass is 261 g/mol. The van der Waals surface area contributed by atoms with Crippen molar-refractivity contribution in [3.63, 3.8) is 0 Å². The fraction of sp³-hybridized carbons (Fsp3) is 0.455. The molecule has 3 heterocycles. The molecule has 1 aliphatic rings. The quantitative estimate of drug-likeness (QED) is 0.797. The first-order chi connectivity index (χ1) is 9.24. The number of aromatic nitrogens is 4. The number of nitrogen functional groups attached to an aromatic ring is 1. The number of nitrogens with two attached hydrogens (primary N) is 1. The maximum absolute atomic E-state index is 5.74. The summed E-state index contributed by atoms with van der Waals surface area (Å²) in [4.78, 5) is 16.7. The molecule has 8 nitrogen and oxygen atoms in total. The summed E-state index contributed by atoms with van der Waals surface area (Å²) in [5.41, 5.74) is 6.16. The molecule has 2 aromatic rings. The maximum atomic E-state index is 5.74. The van der Waals surface area contributed by atoms with Crippen LogP contribution >= 0.6 is 0 Å². The minimum atomic E-state index is 0.288. The molecular formula is C11H15N7O. The number of anilines is 2. The first-order valence-electron chi connectivity index (χ1n) is 6.08. The number of nitrogens with zero attached hydrogens (tertiary/aromatic N) is 6. The van der Waals surface area contributed by atoms with E-state index in [1.165, 1.54) is 6.20 Å². The third kappa shape index (κ3) is 2.34. The number of hydrogen-bond acceptors (Lipinski definition) is 8. The molecule has 1 saturated heterocycles. The van der Waals surface area contributed by atoms with Gasteiger partial charge in [-0.3, -0.25) is 0 Å². The van der Waals surface area contributed by atoms with Crippen molar-refractivity contribution in [1.82, 2.24) is 25.0 Å². The van der Waals surface area contributed by atoms with E-state index in [0.717, 1.165) is 26.2 Å². The first kappa shape index (κ1) is 11.8. The lowest BCUT2D eigenvalue weighted by molar-refractivity contribution is 0.309. The van der Waals surface area contributed by atoms with Gasteiger partial charge in [-0.25, -0.2) is 9.97 Å². The van der Waals surface area contributed by atoms with Crippen molar-refractivity contribution in [3.05, 3.63) is 12.4 Å². The molecule has 1 fully saturated rings. The Balaban J connectivity index is 1.82. The Morgan fingerprint density at radius 2 is 1.89 bits per heavy atom. The SMILES string of the molecule is CN1CCN(c2noc(-c3nccnc3N)n2)CC1. The molecular weight excluding hydrogens is 246 g/mol. The van der Waals surface area contributed by atoms with Gasteiger partial charge < -0.3 is 20.1 Å². The fourth-order valence-corrected chi connectivity index (χ4v) is 1.96. The highest BCUT2D eigenvalue weighted by Gasteiger charge is 2.20. The first-order valence-corrected chi connectivity index (χ1v) is 6.08. The van der Waals surface area contributed by atoms with Crippen LogP contribution in [0.4, 0.5) is 11.8 Å². The highest BCUT2D eigenvalue weighted by Crippen LogP contribution is 2.22. The number of piperazine rings is 1. The predicted molar refractivity (Wildman–Crippen MR) is 69.4 cm³/mol. The smallest absolute Gasteiger partial charge is 0.281 e. The lowest BCUT2D eigenvalue weighted by Crippen LogP contribution is -2.44. The topological polar surface area (TPSA) is 97.2 Å². The standard InChI is InChI=1S/C11H15N7O/c1-17-4-6-18(7-5-17)11-15-10(19-16-11)8-9(12)14-3-2-13-8/h2-3H,4-7H2,1H3,(H2,12,14). The van der Waals surface area contributed by atoms with E-state index in [-0.39, 0.29) is 5.82 Å². The van der Waals surface area contributed by atoms with Crippen LogP contribution in [-0.2, 0) is 0 Å². The second-order valence-electron chi connectivity index (χ2n) is 4.48. The van der Waals surface area contributed by atoms with Gasteiger partial charge in [0, 0.05) is 38.6 Å². The number of rotatable bonds is 2. The van der Waals surface area contributed by atoms with Crippen LogP contribution in [0, 0.1) is 0 Å². The summed E-state index contributed by atoms with van der Waals surface area (Å²) in [5.74, 6) is 1.17. The minimum absolute atomic E-state index is 0.288. The summed E-state index contributed by atoms with van der Waals surface area (Å²) in [7, 11) is 2.10. The molecule has 2 N–H and O–H groups in total. The van der Waals surface area contributed by atoms with Crippen molar-refractivity contribution in [2.75, 3.05) is 43.9 Å². The summed E-state index contributed by atoms with van der Waals surface area (Å²) in [6.45, 7) is 3.73. The normalized spacial score (nSPS) is 16.8. The molecule has 0 aromatic carbocycles. The zero-order valence-corrected chi connectivity index (χ0v) is 10.7. The van der Waals surface area contributed by atoms with Crippen LogP contribution in [0.2, 0.25) is 0 Å². The molecule has 0 radical (unpaired) electrons. The summed E-state index contributed by atoms with van der Waals surface area (Å²) in [6.07, 6.45) is 3.07. The molecule has 1 aliphatic heterocycles. The molecule has 0 spiro atoms. The van der Waals surface area contributed by atoms with E-state index in [0.29, 0.717) is 17.5 Å². The minimum Gasteiger partial charge on any atom is -0.382 e. The molecule has 0 amide bonds. The molecule has 3 rings (SSSR count). The predicted octanol–water partition coefficient (Wildman–Crippen LogP) is -0.139. The van der Waals surface area contributed by atoms with Gasteiger partial charge in [0.2, 0.25) is 0 Å². The third-order valence-electron chi connectivity index (χ3n) is 3.13. The van der Waals surface area contributed by atoms with E-state index in [4.69, 9.17) is 10.3 Å². The summed E-state index contributed by atoms with van der Waals surface area (Å²) in [6, 6.07) is 0. The van der Waals surface area contributed by atoms with E-state index in [1.807, 2.05) is 0 Å². The molecule has 2 aromatic heterocycles. The van der Waals surface area contributed by atoms with Crippen molar-refractivity contribution < 1.29 is 4.52 Å². The average molecular weight is 261 g/mol. The van der Waals surface area contributed by atoms with Crippen molar-refractivity contribution in [2.45, 2.75) is 0 Å². The van der Waals surface area contributed by atoms with Crippen LogP contribution in [-0.4, -0.2) is 58.2 Å². The van der Waals surface area contributed by atoms with Gasteiger partial charge in [0.1, 0.15) is 0 Å². The largest absolute Gasteiger partial charge is 0.382 e. The molecule has 0 aliphatic carbocycles. The Hall–Kier alpha value is -2.22. The molecule has 0 bridgehead atoms. The lowest BCUT2D eigenvalue weighted by atomic mass is 10.3. The Bertz CT molecular complexity index is 562. The number of hydrogen-bond donors (Lipinski definition) is 1. The van der Waals surface area contributed by atoms with E-state index in [1.54, 1.807) is 6.20 Å². The summed E-state index contributed by atoms with van der Waals surface area (Å²) < 4.78 is 5.21. The van der Waals surface area contributed by atoms with Crippen LogP contribution in [0.1, 0.15) is 0 Å². The zero-order valence-electron chi connectivity index (χ0n) is 10.7. The van der Waals surface area contributed by atoms with E-state index < -0.39 is 0 Å². The highest BCUT2D eigenvalue weighted by molar-refractivity contribution is 5.62. The Kier molecular flexibility index (Phi) is 3.00. The Morgan fingerprint density at radius 3 is 2.63 bits per heavy atom. The molecule has 0 saturated carbocycles. The van der Waals surface area contributed by atoms with Gasteiger partial charge in [0.25, 0.3) is 11.8 Å². The molecule has 0 atom stereocenters. The van der Waals surface area contributed by atoms with Crippen molar-refractivity contribution in [3.8, 4) is 11.6 Å². The van der Waals surface area contributed by atoms with Gasteiger partial charge >= 0.3 is 0 Å².